The van der Waals surface area contributed by atoms with E-state index in [2.05, 4.69) is 20.3 Å². The summed E-state index contributed by atoms with van der Waals surface area (Å²) in [5.74, 6) is -1.18. The van der Waals surface area contributed by atoms with Gasteiger partial charge in [0.05, 0.1) is 52.9 Å². The highest BCUT2D eigenvalue weighted by Crippen LogP contribution is 2.18. The summed E-state index contributed by atoms with van der Waals surface area (Å²) in [5, 5.41) is 15.2. The van der Waals surface area contributed by atoms with Gasteiger partial charge in [-0.15, -0.1) is 0 Å². The van der Waals surface area contributed by atoms with Crippen LogP contribution in [0.15, 0.2) is 23.4 Å². The Bertz CT molecular complexity index is 999. The second kappa shape index (κ2) is 21.2. The maximum atomic E-state index is 12.8. The van der Waals surface area contributed by atoms with E-state index in [1.54, 1.807) is 33.0 Å². The van der Waals surface area contributed by atoms with E-state index in [9.17, 15) is 19.5 Å². The topological polar surface area (TPSA) is 195 Å². The number of unbranched alkanes of at least 4 members (excludes halogenated alkanes) is 1. The molecule has 0 saturated carbocycles. The Morgan fingerprint density at radius 1 is 1.05 bits per heavy atom. The van der Waals surface area contributed by atoms with Gasteiger partial charge >= 0.3 is 12.1 Å². The summed E-state index contributed by atoms with van der Waals surface area (Å²) in [6.45, 7) is 9.72. The zero-order valence-electron chi connectivity index (χ0n) is 25.0. The van der Waals surface area contributed by atoms with Crippen molar-refractivity contribution in [3.63, 3.8) is 0 Å². The molecule has 0 aliphatic heterocycles. The van der Waals surface area contributed by atoms with Crippen molar-refractivity contribution >= 4 is 23.8 Å². The minimum Gasteiger partial charge on any atom is -0.480 e. The largest absolute Gasteiger partial charge is 0.480 e. The minimum absolute atomic E-state index is 0.0785. The monoisotopic (exact) mass is 596 g/mol. The van der Waals surface area contributed by atoms with Crippen molar-refractivity contribution in [1.29, 1.82) is 0 Å². The van der Waals surface area contributed by atoms with Crippen molar-refractivity contribution in [3.05, 3.63) is 34.3 Å². The average Bonchev–Trinajstić information content (AvgIpc) is 2.91. The average molecular weight is 597 g/mol. The van der Waals surface area contributed by atoms with Crippen LogP contribution in [0.5, 0.6) is 0 Å². The van der Waals surface area contributed by atoms with E-state index in [4.69, 9.17) is 29.2 Å². The van der Waals surface area contributed by atoms with Crippen molar-refractivity contribution in [1.82, 2.24) is 10.3 Å². The molecule has 0 saturated heterocycles. The number of azide groups is 1. The Balaban J connectivity index is 2.28. The van der Waals surface area contributed by atoms with Gasteiger partial charge in [0.1, 0.15) is 11.4 Å². The highest BCUT2D eigenvalue weighted by atomic mass is 16.6. The fourth-order valence-electron chi connectivity index (χ4n) is 3.29. The molecule has 0 bridgehead atoms. The number of aliphatic carboxylic acids is 1. The highest BCUT2D eigenvalue weighted by Gasteiger charge is 2.24. The van der Waals surface area contributed by atoms with Gasteiger partial charge in [0.15, 0.2) is 6.04 Å². The molecule has 2 amide bonds. The molecule has 42 heavy (non-hydrogen) atoms. The van der Waals surface area contributed by atoms with Crippen LogP contribution in [0.3, 0.4) is 0 Å². The highest BCUT2D eigenvalue weighted by molar-refractivity contribution is 5.86. The van der Waals surface area contributed by atoms with Crippen LogP contribution in [0, 0.1) is 6.92 Å². The molecule has 0 fully saturated rings. The van der Waals surface area contributed by atoms with Crippen LogP contribution < -0.4 is 10.2 Å². The number of pyridine rings is 1. The van der Waals surface area contributed by atoms with Gasteiger partial charge < -0.3 is 34.1 Å². The zero-order chi connectivity index (χ0) is 31.2. The number of amides is 2. The summed E-state index contributed by atoms with van der Waals surface area (Å²) >= 11 is 0. The van der Waals surface area contributed by atoms with Crippen molar-refractivity contribution in [2.75, 3.05) is 70.8 Å². The molecule has 236 valence electrons. The number of carboxylic acids is 1. The molecule has 1 aromatic rings. The molecule has 0 radical (unpaired) electrons. The Kier molecular flexibility index (Phi) is 18.5. The summed E-state index contributed by atoms with van der Waals surface area (Å²) in [7, 11) is 0. The first kappa shape index (κ1) is 36.5. The predicted molar refractivity (Wildman–Crippen MR) is 153 cm³/mol. The molecule has 15 heteroatoms. The van der Waals surface area contributed by atoms with Gasteiger partial charge in [-0.05, 0) is 63.8 Å². The van der Waals surface area contributed by atoms with Gasteiger partial charge in [0, 0.05) is 30.6 Å². The molecule has 0 aliphatic rings. The van der Waals surface area contributed by atoms with Gasteiger partial charge in [-0.1, -0.05) is 5.11 Å². The number of anilines is 1. The van der Waals surface area contributed by atoms with E-state index in [0.717, 1.165) is 5.56 Å². The number of nitrogens with zero attached hydrogens (tertiary/aromatic N) is 5. The Hall–Kier alpha value is -3.49. The number of rotatable bonds is 22. The third-order valence-corrected chi connectivity index (χ3v) is 5.26. The molecule has 0 spiro atoms. The van der Waals surface area contributed by atoms with Crippen LogP contribution in [0.2, 0.25) is 0 Å². The second-order valence-electron chi connectivity index (χ2n) is 10.1. The molecule has 0 aliphatic carbocycles. The van der Waals surface area contributed by atoms with E-state index in [-0.39, 0.29) is 39.3 Å². The van der Waals surface area contributed by atoms with E-state index in [1.807, 2.05) is 13.0 Å². The lowest BCUT2D eigenvalue weighted by Crippen LogP contribution is -2.44. The van der Waals surface area contributed by atoms with Crippen LogP contribution in [-0.4, -0.2) is 106 Å². The molecule has 1 atom stereocenters. The van der Waals surface area contributed by atoms with Crippen LogP contribution in [0.4, 0.5) is 10.6 Å². The standard InChI is InChI=1S/C27H44N6O9/c1-21-8-9-29-23(19-21)33(26(37)42-27(2,3)4)11-6-5-7-24(34)31-22(25(35)36)20-41-18-17-40-16-15-39-14-13-38-12-10-30-32-28/h8-9,19,22H,5-7,10-18,20H2,1-4H3,(H,31,34)(H,35,36)/t22-/m0/s1. The van der Waals surface area contributed by atoms with Gasteiger partial charge in [-0.2, -0.15) is 0 Å². The minimum atomic E-state index is -1.21. The summed E-state index contributed by atoms with van der Waals surface area (Å²) < 4.78 is 26.7. The van der Waals surface area contributed by atoms with Crippen LogP contribution in [0.1, 0.15) is 45.6 Å². The van der Waals surface area contributed by atoms with Crippen LogP contribution in [-0.2, 0) is 33.3 Å². The van der Waals surface area contributed by atoms with Crippen LogP contribution >= 0.6 is 0 Å². The van der Waals surface area contributed by atoms with Crippen molar-refractivity contribution < 1.29 is 43.2 Å². The fourth-order valence-corrected chi connectivity index (χ4v) is 3.29. The van der Waals surface area contributed by atoms with Gasteiger partial charge in [0.25, 0.3) is 0 Å². The molecule has 0 unspecified atom stereocenters. The van der Waals surface area contributed by atoms with Gasteiger partial charge in [0.2, 0.25) is 5.91 Å². The molecule has 15 nitrogen and oxygen atoms in total. The lowest BCUT2D eigenvalue weighted by Gasteiger charge is -2.27. The maximum Gasteiger partial charge on any atom is 0.416 e. The summed E-state index contributed by atoms with van der Waals surface area (Å²) in [4.78, 5) is 45.0. The van der Waals surface area contributed by atoms with E-state index < -0.39 is 29.6 Å². The van der Waals surface area contributed by atoms with Crippen molar-refractivity contribution in [2.24, 2.45) is 5.11 Å². The summed E-state index contributed by atoms with van der Waals surface area (Å²) in [6, 6.07) is 2.41. The van der Waals surface area contributed by atoms with Crippen LogP contribution in [0.25, 0.3) is 10.4 Å². The number of carbonyl (C=O) groups is 3. The maximum absolute atomic E-state index is 12.8. The molecule has 1 heterocycles. The lowest BCUT2D eigenvalue weighted by molar-refractivity contribution is -0.143. The lowest BCUT2D eigenvalue weighted by atomic mass is 10.2. The number of ether oxygens (including phenoxy) is 5. The van der Waals surface area contributed by atoms with Gasteiger partial charge in [-0.3, -0.25) is 9.69 Å². The number of hydrogen-bond donors (Lipinski definition) is 2. The third kappa shape index (κ3) is 18.0. The number of hydrogen-bond acceptors (Lipinski definition) is 10. The number of carbonyl (C=O) groups excluding carboxylic acids is 2. The number of aromatic nitrogens is 1. The first-order valence-electron chi connectivity index (χ1n) is 13.8. The molecule has 1 aromatic heterocycles. The molecular formula is C27H44N6O9. The quantitative estimate of drug-likeness (QED) is 0.0868. The molecule has 0 aromatic carbocycles. The summed E-state index contributed by atoms with van der Waals surface area (Å²) in [6.07, 6.45) is 2.05. The molecular weight excluding hydrogens is 552 g/mol. The smallest absolute Gasteiger partial charge is 0.416 e. The zero-order valence-corrected chi connectivity index (χ0v) is 25.0. The molecule has 2 N–H and O–H groups in total. The van der Waals surface area contributed by atoms with E-state index in [0.29, 0.717) is 51.7 Å². The van der Waals surface area contributed by atoms with Crippen molar-refractivity contribution in [2.45, 2.75) is 58.6 Å². The second-order valence-corrected chi connectivity index (χ2v) is 10.1. The number of aryl methyl sites for hydroxylation is 1. The van der Waals surface area contributed by atoms with Crippen molar-refractivity contribution in [3.8, 4) is 0 Å². The van der Waals surface area contributed by atoms with Gasteiger partial charge in [-0.25, -0.2) is 14.6 Å². The normalized spacial score (nSPS) is 11.8. The SMILES string of the molecule is Cc1ccnc(N(CCCCC(=O)N[C@@H](COCCOCCOCCOCCN=[N+]=[N-])C(=O)O)C(=O)OC(C)(C)C)c1. The Morgan fingerprint density at radius 2 is 1.67 bits per heavy atom. The Labute approximate surface area is 246 Å². The Morgan fingerprint density at radius 3 is 2.24 bits per heavy atom. The fraction of sp³-hybridized carbons (Fsp3) is 0.704. The number of nitrogens with one attached hydrogen (secondary N) is 1. The number of carboxylic acid groups (broad SMARTS) is 1. The first-order valence-corrected chi connectivity index (χ1v) is 13.8. The van der Waals surface area contributed by atoms with E-state index >= 15 is 0 Å². The molecule has 1 rings (SSSR count). The third-order valence-electron chi connectivity index (χ3n) is 5.26. The van der Waals surface area contributed by atoms with E-state index in [1.165, 1.54) is 4.90 Å². The predicted octanol–water partition coefficient (Wildman–Crippen LogP) is 3.25. The first-order chi connectivity index (χ1) is 20.0. The summed E-state index contributed by atoms with van der Waals surface area (Å²) in [5.41, 5.74) is 8.41.